The molecular formula is C28H24N6O10U-4. The van der Waals surface area contributed by atoms with E-state index in [9.17, 15) is 20.4 Å². The first-order valence-corrected chi connectivity index (χ1v) is 19.5. The van der Waals surface area contributed by atoms with E-state index in [1.165, 1.54) is 75.7 Å². The van der Waals surface area contributed by atoms with Gasteiger partial charge in [-0.2, -0.15) is 20.4 Å². The van der Waals surface area contributed by atoms with Crippen molar-refractivity contribution in [3.8, 4) is 23.0 Å². The van der Waals surface area contributed by atoms with E-state index in [0.717, 1.165) is 0 Å². The molecule has 0 fully saturated rings. The van der Waals surface area contributed by atoms with Crippen molar-refractivity contribution in [3.05, 3.63) is 108 Å². The summed E-state index contributed by atoms with van der Waals surface area (Å²) in [7, 11) is 2.82. The third-order valence-electron chi connectivity index (χ3n) is 5.00. The predicted octanol–water partition coefficient (Wildman–Crippen LogP) is -0.742. The van der Waals surface area contributed by atoms with Crippen LogP contribution >= 0.6 is 0 Å². The molecule has 0 bridgehead atoms. The molecule has 17 heteroatoms. The van der Waals surface area contributed by atoms with Crippen molar-refractivity contribution in [1.29, 1.82) is 0 Å². The Morgan fingerprint density at radius 2 is 1.02 bits per heavy atom. The standard InChI is InChI=1S/2C14H13N3O3.2H2O.2O.U/c2*1-20-12-4-2-3-11(13(12)18)9-16-17-14(19)10-5-7-15-8-6-10;;;;;/h2*2-9,18H,1H3,(H,17,19);2*1H2;;;/q;;;;;;+2/p-6/b2*16-9+;;;;;. The molecule has 0 unspecified atom stereocenters. The van der Waals surface area contributed by atoms with Crippen LogP contribution < -0.4 is 29.9 Å². The molecule has 4 aromatic rings. The summed E-state index contributed by atoms with van der Waals surface area (Å²) in [5.74, 6) is -1.17. The maximum absolute atomic E-state index is 11.8. The first kappa shape index (κ1) is 36.0. The van der Waals surface area contributed by atoms with Crippen LogP contribution in [0.5, 0.6) is 23.0 Å². The average molecular weight is 843 g/mol. The van der Waals surface area contributed by atoms with Gasteiger partial charge < -0.3 is 29.9 Å². The van der Waals surface area contributed by atoms with Gasteiger partial charge >= 0.3 is 35.1 Å². The van der Waals surface area contributed by atoms with Gasteiger partial charge in [-0.1, -0.05) is 35.8 Å². The fourth-order valence-electron chi connectivity index (χ4n) is 2.98. The van der Waals surface area contributed by atoms with Gasteiger partial charge in [-0.3, -0.25) is 9.97 Å². The minimum atomic E-state index is -5.84. The van der Waals surface area contributed by atoms with Crippen molar-refractivity contribution in [1.82, 2.24) is 9.97 Å². The topological polar surface area (TPSA) is 261 Å². The second kappa shape index (κ2) is 18.5. The molecule has 0 saturated carbocycles. The second-order valence-corrected chi connectivity index (χ2v) is 12.6. The molecule has 2 aromatic heterocycles. The number of para-hydroxylation sites is 2. The Kier molecular flexibility index (Phi) is 14.8. The van der Waals surface area contributed by atoms with Crippen LogP contribution in [0.3, 0.4) is 0 Å². The van der Waals surface area contributed by atoms with E-state index in [1.54, 1.807) is 36.4 Å². The van der Waals surface area contributed by atoms with E-state index in [0.29, 0.717) is 22.3 Å². The quantitative estimate of drug-likeness (QED) is 0.126. The molecular weight excluding hydrogens is 818 g/mol. The molecule has 2 heterocycles. The van der Waals surface area contributed by atoms with Crippen LogP contribution in [0, 0.1) is 25.4 Å². The first-order chi connectivity index (χ1) is 21.4. The molecule has 0 radical (unpaired) electrons. The van der Waals surface area contributed by atoms with E-state index in [2.05, 4.69) is 30.4 Å². The van der Waals surface area contributed by atoms with Gasteiger partial charge in [-0.05, 0) is 58.7 Å². The van der Waals surface area contributed by atoms with E-state index in [1.807, 2.05) is 0 Å². The Morgan fingerprint density at radius 1 is 0.689 bits per heavy atom. The van der Waals surface area contributed by atoms with Crippen LogP contribution in [-0.4, -0.2) is 53.6 Å². The SMILES string of the molecule is COc1cccc(/C=N/N=C(\[O-])c2ccncc2)c1[O-].COc1cccc(/C=N/N=C(\[O-])c2ccncc2)c1[O-].[O]=[U](=[O])([OH])[OH]. The van der Waals surface area contributed by atoms with Crippen LogP contribution in [0.4, 0.5) is 0 Å². The summed E-state index contributed by atoms with van der Waals surface area (Å²) in [6.45, 7) is 0. The third kappa shape index (κ3) is 13.3. The van der Waals surface area contributed by atoms with Crippen LogP contribution in [0.2, 0.25) is 0 Å². The number of ether oxygens (including phenoxy) is 2. The zero-order chi connectivity index (χ0) is 33.2. The maximum atomic E-state index is 11.8. The summed E-state index contributed by atoms with van der Waals surface area (Å²) in [5, 5.41) is 61.1. The molecule has 0 spiro atoms. The van der Waals surface area contributed by atoms with E-state index in [4.69, 9.17) is 19.2 Å². The molecule has 2 N–H and O–H groups in total. The Bertz CT molecular complexity index is 1630. The number of hydrogen-bond acceptors (Lipinski definition) is 14. The summed E-state index contributed by atoms with van der Waals surface area (Å²) in [5.41, 5.74) is 1.36. The molecule has 0 aliphatic rings. The van der Waals surface area contributed by atoms with Crippen molar-refractivity contribution >= 4 is 24.2 Å². The Labute approximate surface area is 263 Å². The Balaban J connectivity index is 0.000000273. The Hall–Kier alpha value is -5.21. The van der Waals surface area contributed by atoms with Gasteiger partial charge in [0.25, 0.3) is 0 Å². The molecule has 0 atom stereocenters. The van der Waals surface area contributed by atoms with E-state index < -0.39 is 37.2 Å². The predicted molar refractivity (Wildman–Crippen MR) is 147 cm³/mol. The molecule has 4 rings (SSSR count). The molecule has 0 saturated heterocycles. The first-order valence-electron chi connectivity index (χ1n) is 12.3. The number of methoxy groups -OCH3 is 2. The van der Waals surface area contributed by atoms with Crippen molar-refractivity contribution in [2.75, 3.05) is 14.2 Å². The summed E-state index contributed by atoms with van der Waals surface area (Å²) in [6.07, 6.45) is 8.41. The zero-order valence-corrected chi connectivity index (χ0v) is 27.7. The fraction of sp³-hybridized carbons (Fsp3) is 0.0714. The molecule has 45 heavy (non-hydrogen) atoms. The molecule has 0 amide bonds. The normalized spacial score (nSPS) is 11.7. The number of rotatable bonds is 8. The van der Waals surface area contributed by atoms with Gasteiger partial charge in [0, 0.05) is 36.6 Å². The van der Waals surface area contributed by atoms with Crippen molar-refractivity contribution < 1.29 is 65.0 Å². The Morgan fingerprint density at radius 3 is 1.33 bits per heavy atom. The van der Waals surface area contributed by atoms with Gasteiger partial charge in [0.2, 0.25) is 0 Å². The summed E-state index contributed by atoms with van der Waals surface area (Å²) in [6, 6.07) is 15.7. The van der Waals surface area contributed by atoms with Gasteiger partial charge in [0.05, 0.1) is 26.6 Å². The van der Waals surface area contributed by atoms with Gasteiger partial charge in [0.1, 0.15) is 11.5 Å². The van der Waals surface area contributed by atoms with E-state index >= 15 is 0 Å². The fourth-order valence-corrected chi connectivity index (χ4v) is 2.98. The monoisotopic (exact) mass is 842 g/mol. The second-order valence-electron chi connectivity index (χ2n) is 8.08. The number of aromatic nitrogens is 2. The number of benzene rings is 2. The van der Waals surface area contributed by atoms with Crippen LogP contribution in [0.1, 0.15) is 22.3 Å². The number of pyridine rings is 2. The van der Waals surface area contributed by atoms with Gasteiger partial charge in [-0.25, -0.2) is 0 Å². The molecule has 234 valence electrons. The molecule has 2 aromatic carbocycles. The average Bonchev–Trinajstić information content (AvgIpc) is 3.03. The summed E-state index contributed by atoms with van der Waals surface area (Å²) < 4.78 is 42.0. The summed E-state index contributed by atoms with van der Waals surface area (Å²) in [4.78, 5) is 7.60. The van der Waals surface area contributed by atoms with E-state index in [-0.39, 0.29) is 23.0 Å². The molecule has 0 aliphatic heterocycles. The molecule has 16 nitrogen and oxygen atoms in total. The number of hydrogen-bond donors (Lipinski definition) is 2. The van der Waals surface area contributed by atoms with Crippen LogP contribution in [0.25, 0.3) is 0 Å². The molecule has 0 aliphatic carbocycles. The van der Waals surface area contributed by atoms with Crippen LogP contribution in [0.15, 0.2) is 106 Å². The van der Waals surface area contributed by atoms with Gasteiger partial charge in [0.15, 0.2) is 0 Å². The number of nitrogens with zero attached hydrogens (tertiary/aromatic N) is 6. The third-order valence-corrected chi connectivity index (χ3v) is 5.00. The van der Waals surface area contributed by atoms with Crippen molar-refractivity contribution in [2.24, 2.45) is 20.4 Å². The van der Waals surface area contributed by atoms with Crippen molar-refractivity contribution in [3.63, 3.8) is 0 Å². The zero-order valence-electron chi connectivity index (χ0n) is 23.6. The minimum absolute atomic E-state index is 0.217. The van der Waals surface area contributed by atoms with Crippen LogP contribution in [-0.2, 0) is 4.47 Å². The van der Waals surface area contributed by atoms with Crippen molar-refractivity contribution in [2.45, 2.75) is 0 Å². The summed E-state index contributed by atoms with van der Waals surface area (Å²) >= 11 is -5.84. The van der Waals surface area contributed by atoms with Gasteiger partial charge in [-0.15, -0.1) is 0 Å².